The lowest BCUT2D eigenvalue weighted by Crippen LogP contribution is -2.43. The van der Waals surface area contributed by atoms with Gasteiger partial charge in [-0.05, 0) is 25.0 Å². The van der Waals surface area contributed by atoms with E-state index in [-0.39, 0.29) is 11.5 Å². The number of pyridine rings is 1. The second-order valence-electron chi connectivity index (χ2n) is 4.49. The SMILES string of the molecule is CC[C@](C)(CC(=O)OC)NCc1ccncc1Cl. The zero-order valence-electron chi connectivity index (χ0n) is 11.0. The van der Waals surface area contributed by atoms with Crippen LogP contribution in [0.1, 0.15) is 32.3 Å². The van der Waals surface area contributed by atoms with Crippen molar-refractivity contribution in [1.82, 2.24) is 10.3 Å². The molecule has 1 aromatic heterocycles. The van der Waals surface area contributed by atoms with Gasteiger partial charge in [0.2, 0.25) is 0 Å². The van der Waals surface area contributed by atoms with Crippen molar-refractivity contribution in [3.8, 4) is 0 Å². The molecule has 0 bridgehead atoms. The van der Waals surface area contributed by atoms with E-state index in [1.54, 1.807) is 12.4 Å². The molecule has 0 aliphatic rings. The van der Waals surface area contributed by atoms with E-state index in [9.17, 15) is 4.79 Å². The maximum Gasteiger partial charge on any atom is 0.307 e. The van der Waals surface area contributed by atoms with Crippen LogP contribution in [0.15, 0.2) is 18.5 Å². The van der Waals surface area contributed by atoms with Crippen LogP contribution in [0.25, 0.3) is 0 Å². The van der Waals surface area contributed by atoms with Crippen LogP contribution in [0.4, 0.5) is 0 Å². The van der Waals surface area contributed by atoms with Gasteiger partial charge in [-0.2, -0.15) is 0 Å². The molecule has 0 aliphatic carbocycles. The Bertz CT molecular complexity index is 412. The Hall–Kier alpha value is -1.13. The first-order valence-corrected chi connectivity index (χ1v) is 6.29. The largest absolute Gasteiger partial charge is 0.469 e. The molecule has 0 unspecified atom stereocenters. The lowest BCUT2D eigenvalue weighted by atomic mass is 9.94. The highest BCUT2D eigenvalue weighted by atomic mass is 35.5. The van der Waals surface area contributed by atoms with E-state index in [4.69, 9.17) is 16.3 Å². The first-order valence-electron chi connectivity index (χ1n) is 5.91. The molecule has 1 heterocycles. The second-order valence-corrected chi connectivity index (χ2v) is 4.89. The van der Waals surface area contributed by atoms with Crippen LogP contribution in [0.3, 0.4) is 0 Å². The summed E-state index contributed by atoms with van der Waals surface area (Å²) >= 11 is 6.04. The summed E-state index contributed by atoms with van der Waals surface area (Å²) in [6.45, 7) is 4.63. The molecule has 18 heavy (non-hydrogen) atoms. The van der Waals surface area contributed by atoms with Gasteiger partial charge in [0.1, 0.15) is 0 Å². The number of esters is 1. The van der Waals surface area contributed by atoms with Crippen molar-refractivity contribution in [2.75, 3.05) is 7.11 Å². The van der Waals surface area contributed by atoms with Crippen LogP contribution in [0, 0.1) is 0 Å². The van der Waals surface area contributed by atoms with Crippen LogP contribution in [-0.2, 0) is 16.1 Å². The van der Waals surface area contributed by atoms with Gasteiger partial charge < -0.3 is 10.1 Å². The lowest BCUT2D eigenvalue weighted by Gasteiger charge is -2.28. The number of rotatable bonds is 6. The van der Waals surface area contributed by atoms with Crippen LogP contribution >= 0.6 is 11.6 Å². The number of nitrogens with one attached hydrogen (secondary N) is 1. The quantitative estimate of drug-likeness (QED) is 0.807. The van der Waals surface area contributed by atoms with E-state index in [1.165, 1.54) is 7.11 Å². The maximum atomic E-state index is 11.4. The van der Waals surface area contributed by atoms with E-state index < -0.39 is 0 Å². The first-order chi connectivity index (χ1) is 8.50. The summed E-state index contributed by atoms with van der Waals surface area (Å²) in [5.74, 6) is -0.215. The molecule has 1 aromatic rings. The highest BCUT2D eigenvalue weighted by Gasteiger charge is 2.25. The van der Waals surface area contributed by atoms with Crippen LogP contribution in [0.2, 0.25) is 5.02 Å². The van der Waals surface area contributed by atoms with Gasteiger partial charge in [-0.25, -0.2) is 0 Å². The van der Waals surface area contributed by atoms with Gasteiger partial charge in [0.05, 0.1) is 18.6 Å². The fourth-order valence-corrected chi connectivity index (χ4v) is 1.75. The number of halogens is 1. The number of methoxy groups -OCH3 is 1. The molecule has 1 atom stereocenters. The minimum absolute atomic E-state index is 0.215. The van der Waals surface area contributed by atoms with Gasteiger partial charge in [-0.3, -0.25) is 9.78 Å². The predicted molar refractivity (Wildman–Crippen MR) is 71.4 cm³/mol. The third-order valence-electron chi connectivity index (χ3n) is 3.10. The zero-order chi connectivity index (χ0) is 13.6. The lowest BCUT2D eigenvalue weighted by molar-refractivity contribution is -0.142. The van der Waals surface area contributed by atoms with Gasteiger partial charge in [0.25, 0.3) is 0 Å². The van der Waals surface area contributed by atoms with Crippen molar-refractivity contribution >= 4 is 17.6 Å². The molecule has 0 radical (unpaired) electrons. The molecule has 100 valence electrons. The molecule has 1 N–H and O–H groups in total. The molecule has 0 aromatic carbocycles. The van der Waals surface area contributed by atoms with E-state index >= 15 is 0 Å². The van der Waals surface area contributed by atoms with E-state index in [1.807, 2.05) is 19.9 Å². The molecule has 1 rings (SSSR count). The van der Waals surface area contributed by atoms with E-state index in [0.717, 1.165) is 12.0 Å². The Morgan fingerprint density at radius 2 is 2.33 bits per heavy atom. The van der Waals surface area contributed by atoms with Gasteiger partial charge in [-0.1, -0.05) is 18.5 Å². The fraction of sp³-hybridized carbons (Fsp3) is 0.538. The van der Waals surface area contributed by atoms with Crippen LogP contribution < -0.4 is 5.32 Å². The van der Waals surface area contributed by atoms with Crippen molar-refractivity contribution in [2.24, 2.45) is 0 Å². The third-order valence-corrected chi connectivity index (χ3v) is 3.44. The summed E-state index contributed by atoms with van der Waals surface area (Å²) in [4.78, 5) is 15.3. The minimum Gasteiger partial charge on any atom is -0.469 e. The molecule has 0 amide bonds. The van der Waals surface area contributed by atoms with Crippen molar-refractivity contribution in [2.45, 2.75) is 38.8 Å². The topological polar surface area (TPSA) is 51.2 Å². The Kier molecular flexibility index (Phi) is 5.56. The zero-order valence-corrected chi connectivity index (χ0v) is 11.8. The molecule has 0 saturated heterocycles. The Labute approximate surface area is 113 Å². The summed E-state index contributed by atoms with van der Waals surface area (Å²) in [5, 5.41) is 3.98. The summed E-state index contributed by atoms with van der Waals surface area (Å²) in [7, 11) is 1.40. The molecule has 0 saturated carbocycles. The van der Waals surface area contributed by atoms with Crippen LogP contribution in [0.5, 0.6) is 0 Å². The summed E-state index contributed by atoms with van der Waals surface area (Å²) in [5.41, 5.74) is 0.677. The fourth-order valence-electron chi connectivity index (χ4n) is 1.56. The third kappa shape index (κ3) is 4.27. The number of carbonyl (C=O) groups excluding carboxylic acids is 1. The van der Waals surface area contributed by atoms with Crippen molar-refractivity contribution in [3.05, 3.63) is 29.0 Å². The summed E-state index contributed by atoms with van der Waals surface area (Å²) in [6, 6.07) is 1.86. The van der Waals surface area contributed by atoms with Gasteiger partial charge in [0.15, 0.2) is 0 Å². The molecule has 0 spiro atoms. The van der Waals surface area contributed by atoms with Gasteiger partial charge >= 0.3 is 5.97 Å². The van der Waals surface area contributed by atoms with Gasteiger partial charge in [-0.15, -0.1) is 0 Å². The first kappa shape index (κ1) is 14.9. The Balaban J connectivity index is 2.64. The van der Waals surface area contributed by atoms with E-state index in [0.29, 0.717) is 18.0 Å². The highest BCUT2D eigenvalue weighted by molar-refractivity contribution is 6.31. The number of aromatic nitrogens is 1. The molecule has 0 fully saturated rings. The number of ether oxygens (including phenoxy) is 1. The predicted octanol–water partition coefficient (Wildman–Crippen LogP) is 2.56. The molecular formula is C13H19ClN2O2. The molecule has 0 aliphatic heterocycles. The monoisotopic (exact) mass is 270 g/mol. The normalized spacial score (nSPS) is 14.0. The number of nitrogens with zero attached hydrogens (tertiary/aromatic N) is 1. The van der Waals surface area contributed by atoms with Crippen LogP contribution in [-0.4, -0.2) is 23.6 Å². The highest BCUT2D eigenvalue weighted by Crippen LogP contribution is 2.18. The Morgan fingerprint density at radius 1 is 1.61 bits per heavy atom. The van der Waals surface area contributed by atoms with E-state index in [2.05, 4.69) is 10.3 Å². The smallest absolute Gasteiger partial charge is 0.307 e. The maximum absolute atomic E-state index is 11.4. The van der Waals surface area contributed by atoms with Gasteiger partial charge in [0, 0.05) is 24.5 Å². The standard InChI is InChI=1S/C13H19ClN2O2/c1-4-13(2,7-12(17)18-3)16-8-10-5-6-15-9-11(10)14/h5-6,9,16H,4,7-8H2,1-3H3/t13-/m1/s1. The van der Waals surface area contributed by atoms with Crippen molar-refractivity contribution < 1.29 is 9.53 Å². The van der Waals surface area contributed by atoms with Crippen molar-refractivity contribution in [3.63, 3.8) is 0 Å². The second kappa shape index (κ2) is 6.71. The number of carbonyl (C=O) groups is 1. The molecule has 5 heteroatoms. The average molecular weight is 271 g/mol. The molecular weight excluding hydrogens is 252 g/mol. The molecule has 4 nitrogen and oxygen atoms in total. The number of hydrogen-bond donors (Lipinski definition) is 1. The summed E-state index contributed by atoms with van der Waals surface area (Å²) in [6.07, 6.45) is 4.47. The average Bonchev–Trinajstić information content (AvgIpc) is 2.37. The van der Waals surface area contributed by atoms with Crippen molar-refractivity contribution in [1.29, 1.82) is 0 Å². The summed E-state index contributed by atoms with van der Waals surface area (Å²) < 4.78 is 4.71. The number of hydrogen-bond acceptors (Lipinski definition) is 4. The minimum atomic E-state index is -0.292. The Morgan fingerprint density at radius 3 is 2.89 bits per heavy atom.